The molecule has 2 aliphatic heterocycles. The van der Waals surface area contributed by atoms with Crippen molar-refractivity contribution in [3.8, 4) is 0 Å². The minimum absolute atomic E-state index is 0.0193. The van der Waals surface area contributed by atoms with E-state index in [9.17, 15) is 14.4 Å². The van der Waals surface area contributed by atoms with Crippen LogP contribution in [0.1, 0.15) is 38.2 Å². The molecule has 3 amide bonds. The maximum absolute atomic E-state index is 12.8. The molecule has 9 nitrogen and oxygen atoms in total. The lowest BCUT2D eigenvalue weighted by Gasteiger charge is -2.34. The van der Waals surface area contributed by atoms with Crippen LogP contribution in [-0.2, 0) is 20.8 Å². The molecule has 1 aromatic carbocycles. The highest BCUT2D eigenvalue weighted by Gasteiger charge is 2.31. The van der Waals surface area contributed by atoms with Crippen molar-refractivity contribution >= 4 is 29.4 Å². The van der Waals surface area contributed by atoms with Crippen LogP contribution >= 0.6 is 0 Å². The molecule has 0 bridgehead atoms. The molecule has 1 aromatic heterocycles. The van der Waals surface area contributed by atoms with Gasteiger partial charge in [-0.2, -0.15) is 0 Å². The van der Waals surface area contributed by atoms with Crippen LogP contribution in [0.15, 0.2) is 42.7 Å². The van der Waals surface area contributed by atoms with Gasteiger partial charge < -0.3 is 20.0 Å². The Morgan fingerprint density at radius 3 is 2.32 bits per heavy atom. The summed E-state index contributed by atoms with van der Waals surface area (Å²) in [5, 5.41) is 2.94. The highest BCUT2D eigenvalue weighted by atomic mass is 16.2. The van der Waals surface area contributed by atoms with E-state index in [1.165, 1.54) is 0 Å². The Bertz CT molecular complexity index is 989. The van der Waals surface area contributed by atoms with Gasteiger partial charge in [-0.3, -0.25) is 14.4 Å². The SMILES string of the molecule is CCC(=O)N1CCCCC1C(=O)Nc1ccc(CC(=O)N2CCN(c3ncccn3)CC2)cc1. The Kier molecular flexibility index (Phi) is 7.72. The lowest BCUT2D eigenvalue weighted by molar-refractivity contribution is -0.140. The number of piperidine rings is 1. The number of aromatic nitrogens is 2. The third-order valence-electron chi connectivity index (χ3n) is 6.47. The number of benzene rings is 1. The zero-order valence-corrected chi connectivity index (χ0v) is 19.7. The fourth-order valence-corrected chi connectivity index (χ4v) is 4.53. The van der Waals surface area contributed by atoms with E-state index in [0.29, 0.717) is 63.6 Å². The first kappa shape index (κ1) is 23.7. The van der Waals surface area contributed by atoms with Crippen molar-refractivity contribution in [3.63, 3.8) is 0 Å². The lowest BCUT2D eigenvalue weighted by atomic mass is 10.0. The molecule has 180 valence electrons. The van der Waals surface area contributed by atoms with Crippen molar-refractivity contribution in [3.05, 3.63) is 48.3 Å². The minimum atomic E-state index is -0.414. The zero-order valence-electron chi connectivity index (χ0n) is 19.7. The Balaban J connectivity index is 1.28. The van der Waals surface area contributed by atoms with Gasteiger partial charge in [-0.1, -0.05) is 19.1 Å². The molecule has 1 unspecified atom stereocenters. The first-order chi connectivity index (χ1) is 16.5. The fourth-order valence-electron chi connectivity index (χ4n) is 4.53. The van der Waals surface area contributed by atoms with E-state index in [2.05, 4.69) is 20.2 Å². The molecule has 0 aliphatic carbocycles. The Morgan fingerprint density at radius 2 is 1.65 bits per heavy atom. The van der Waals surface area contributed by atoms with Gasteiger partial charge in [0.15, 0.2) is 0 Å². The summed E-state index contributed by atoms with van der Waals surface area (Å²) in [5.41, 5.74) is 1.57. The topological polar surface area (TPSA) is 98.7 Å². The largest absolute Gasteiger partial charge is 0.339 e. The van der Waals surface area contributed by atoms with E-state index < -0.39 is 6.04 Å². The molecular formula is C25H32N6O3. The van der Waals surface area contributed by atoms with Crippen LogP contribution in [0.25, 0.3) is 0 Å². The number of piperazine rings is 1. The van der Waals surface area contributed by atoms with Crippen molar-refractivity contribution in [1.82, 2.24) is 19.8 Å². The number of likely N-dealkylation sites (tertiary alicyclic amines) is 1. The number of nitrogens with one attached hydrogen (secondary N) is 1. The third-order valence-corrected chi connectivity index (χ3v) is 6.47. The summed E-state index contributed by atoms with van der Waals surface area (Å²) >= 11 is 0. The normalized spacial score (nSPS) is 18.5. The first-order valence-corrected chi connectivity index (χ1v) is 12.0. The molecule has 0 spiro atoms. The van der Waals surface area contributed by atoms with Gasteiger partial charge in [0.25, 0.3) is 0 Å². The van der Waals surface area contributed by atoms with Gasteiger partial charge >= 0.3 is 0 Å². The van der Waals surface area contributed by atoms with Crippen LogP contribution in [0.4, 0.5) is 11.6 Å². The van der Waals surface area contributed by atoms with Crippen molar-refractivity contribution in [2.45, 2.75) is 45.1 Å². The lowest BCUT2D eigenvalue weighted by Crippen LogP contribution is -2.49. The number of carbonyl (C=O) groups is 3. The summed E-state index contributed by atoms with van der Waals surface area (Å²) in [6.45, 7) is 5.15. The van der Waals surface area contributed by atoms with Crippen molar-refractivity contribution in [2.24, 2.45) is 0 Å². The predicted molar refractivity (Wildman–Crippen MR) is 129 cm³/mol. The molecular weight excluding hydrogens is 432 g/mol. The molecule has 34 heavy (non-hydrogen) atoms. The molecule has 9 heteroatoms. The van der Waals surface area contributed by atoms with Gasteiger partial charge in [0.05, 0.1) is 6.42 Å². The summed E-state index contributed by atoms with van der Waals surface area (Å²) in [6, 6.07) is 8.76. The molecule has 3 heterocycles. The maximum Gasteiger partial charge on any atom is 0.247 e. The van der Waals surface area contributed by atoms with Gasteiger partial charge in [-0.15, -0.1) is 0 Å². The van der Waals surface area contributed by atoms with Gasteiger partial charge in [-0.05, 0) is 43.0 Å². The first-order valence-electron chi connectivity index (χ1n) is 12.0. The van der Waals surface area contributed by atoms with Crippen LogP contribution < -0.4 is 10.2 Å². The molecule has 2 aromatic rings. The molecule has 1 atom stereocenters. The molecule has 1 N–H and O–H groups in total. The average molecular weight is 465 g/mol. The number of anilines is 2. The van der Waals surface area contributed by atoms with Gasteiger partial charge in [0.1, 0.15) is 6.04 Å². The summed E-state index contributed by atoms with van der Waals surface area (Å²) in [5.74, 6) is 0.653. The highest BCUT2D eigenvalue weighted by Crippen LogP contribution is 2.20. The van der Waals surface area contributed by atoms with Crippen molar-refractivity contribution in [1.29, 1.82) is 0 Å². The van der Waals surface area contributed by atoms with E-state index in [0.717, 1.165) is 18.4 Å². The van der Waals surface area contributed by atoms with E-state index in [4.69, 9.17) is 0 Å². The van der Waals surface area contributed by atoms with E-state index in [1.807, 2.05) is 36.1 Å². The number of carbonyl (C=O) groups excluding carboxylic acids is 3. The van der Waals surface area contributed by atoms with Gasteiger partial charge in [-0.25, -0.2) is 9.97 Å². The highest BCUT2D eigenvalue weighted by molar-refractivity contribution is 5.97. The second-order valence-corrected chi connectivity index (χ2v) is 8.73. The molecule has 0 saturated carbocycles. The number of hydrogen-bond donors (Lipinski definition) is 1. The number of amides is 3. The third kappa shape index (κ3) is 5.70. The van der Waals surface area contributed by atoms with E-state index in [-0.39, 0.29) is 17.7 Å². The van der Waals surface area contributed by atoms with Gasteiger partial charge in [0, 0.05) is 57.2 Å². The minimum Gasteiger partial charge on any atom is -0.339 e. The second kappa shape index (κ2) is 11.1. The smallest absolute Gasteiger partial charge is 0.247 e. The molecule has 4 rings (SSSR count). The number of rotatable bonds is 6. The summed E-state index contributed by atoms with van der Waals surface area (Å²) in [4.78, 5) is 52.0. The van der Waals surface area contributed by atoms with Crippen LogP contribution in [0, 0.1) is 0 Å². The number of nitrogens with zero attached hydrogens (tertiary/aromatic N) is 5. The monoisotopic (exact) mass is 464 g/mol. The Morgan fingerprint density at radius 1 is 0.941 bits per heavy atom. The van der Waals surface area contributed by atoms with Crippen LogP contribution in [0.3, 0.4) is 0 Å². The summed E-state index contributed by atoms with van der Waals surface area (Å²) < 4.78 is 0. The standard InChI is InChI=1S/C25H32N6O3/c1-2-22(32)31-13-4-3-6-21(31)24(34)28-20-9-7-19(8-10-20)18-23(33)29-14-16-30(17-15-29)25-26-11-5-12-27-25/h5,7-12,21H,2-4,6,13-18H2,1H3,(H,28,34). The van der Waals surface area contributed by atoms with E-state index in [1.54, 1.807) is 23.4 Å². The Labute approximate surface area is 200 Å². The molecule has 2 saturated heterocycles. The van der Waals surface area contributed by atoms with Crippen molar-refractivity contribution < 1.29 is 14.4 Å². The maximum atomic E-state index is 12.8. The zero-order chi connectivity index (χ0) is 23.9. The summed E-state index contributed by atoms with van der Waals surface area (Å²) in [7, 11) is 0. The second-order valence-electron chi connectivity index (χ2n) is 8.73. The van der Waals surface area contributed by atoms with Crippen molar-refractivity contribution in [2.75, 3.05) is 42.9 Å². The molecule has 2 aliphatic rings. The molecule has 0 radical (unpaired) electrons. The van der Waals surface area contributed by atoms with Gasteiger partial charge in [0.2, 0.25) is 23.7 Å². The predicted octanol–water partition coefficient (Wildman–Crippen LogP) is 2.10. The van der Waals surface area contributed by atoms with Crippen LogP contribution in [0.2, 0.25) is 0 Å². The summed E-state index contributed by atoms with van der Waals surface area (Å²) in [6.07, 6.45) is 6.74. The quantitative estimate of drug-likeness (QED) is 0.703. The average Bonchev–Trinajstić information content (AvgIpc) is 2.90. The van der Waals surface area contributed by atoms with Crippen LogP contribution in [0.5, 0.6) is 0 Å². The molecule has 2 fully saturated rings. The fraction of sp³-hybridized carbons (Fsp3) is 0.480. The van der Waals surface area contributed by atoms with E-state index >= 15 is 0 Å². The Hall–Kier alpha value is -3.49. The number of hydrogen-bond acceptors (Lipinski definition) is 6. The van der Waals surface area contributed by atoms with Crippen LogP contribution in [-0.4, -0.2) is 76.3 Å².